The molecular weight excluding hydrogens is 428 g/mol. The zero-order chi connectivity index (χ0) is 20.6. The van der Waals surface area contributed by atoms with Gasteiger partial charge in [0.05, 0.1) is 9.79 Å². The first-order valence-electron chi connectivity index (χ1n) is 9.58. The van der Waals surface area contributed by atoms with E-state index in [1.54, 1.807) is 48.2 Å². The van der Waals surface area contributed by atoms with Crippen LogP contribution in [0.5, 0.6) is 0 Å². The summed E-state index contributed by atoms with van der Waals surface area (Å²) >= 11 is 1.55. The Bertz CT molecular complexity index is 1100. The molecule has 0 N–H and O–H groups in total. The minimum Gasteiger partial charge on any atom is -0.207 e. The van der Waals surface area contributed by atoms with Crippen molar-refractivity contribution in [3.05, 3.63) is 53.6 Å². The Morgan fingerprint density at radius 3 is 1.83 bits per heavy atom. The van der Waals surface area contributed by atoms with Crippen LogP contribution in [0.15, 0.2) is 57.2 Å². The molecule has 1 heterocycles. The van der Waals surface area contributed by atoms with Gasteiger partial charge in [0.15, 0.2) is 0 Å². The first kappa shape index (κ1) is 20.9. The number of hydrogen-bond donors (Lipinski definition) is 0. The maximum atomic E-state index is 13.0. The summed E-state index contributed by atoms with van der Waals surface area (Å²) in [4.78, 5) is 1.54. The largest absolute Gasteiger partial charge is 0.243 e. The number of aryl methyl sites for hydroxylation is 2. The lowest BCUT2D eigenvalue weighted by Gasteiger charge is -2.33. The van der Waals surface area contributed by atoms with Crippen molar-refractivity contribution in [2.75, 3.05) is 32.4 Å². The van der Waals surface area contributed by atoms with Crippen LogP contribution < -0.4 is 0 Å². The van der Waals surface area contributed by atoms with Crippen molar-refractivity contribution < 1.29 is 16.8 Å². The number of piperazine rings is 1. The summed E-state index contributed by atoms with van der Waals surface area (Å²) in [5.74, 6) is 0. The number of nitrogens with zero attached hydrogens (tertiary/aromatic N) is 2. The van der Waals surface area contributed by atoms with Gasteiger partial charge in [-0.25, -0.2) is 16.8 Å². The molecule has 0 spiro atoms. The summed E-state index contributed by atoms with van der Waals surface area (Å²) in [6.07, 6.45) is 4.92. The Morgan fingerprint density at radius 2 is 1.24 bits per heavy atom. The minimum atomic E-state index is -3.63. The standard InChI is InChI=1S/C20H24N2O4S3/c1-27-18-6-9-19(10-7-18)28(23,24)21-11-13-22(14-12-21)29(25,26)20-8-5-16-3-2-4-17(16)15-20/h5-10,15H,2-4,11-14H2,1H3. The van der Waals surface area contributed by atoms with Gasteiger partial charge in [-0.1, -0.05) is 6.07 Å². The highest BCUT2D eigenvalue weighted by molar-refractivity contribution is 7.98. The fourth-order valence-corrected chi connectivity index (χ4v) is 7.21. The fraction of sp³-hybridized carbons (Fsp3) is 0.400. The normalized spacial score (nSPS) is 18.7. The molecule has 29 heavy (non-hydrogen) atoms. The predicted octanol–water partition coefficient (Wildman–Crippen LogP) is 2.59. The summed E-state index contributed by atoms with van der Waals surface area (Å²) in [6.45, 7) is 0.608. The van der Waals surface area contributed by atoms with E-state index in [1.165, 1.54) is 14.2 Å². The van der Waals surface area contributed by atoms with Crippen LogP contribution in [0, 0.1) is 0 Å². The summed E-state index contributed by atoms with van der Waals surface area (Å²) in [5.41, 5.74) is 2.34. The van der Waals surface area contributed by atoms with Crippen LogP contribution in [0.3, 0.4) is 0 Å². The highest BCUT2D eigenvalue weighted by Crippen LogP contribution is 2.27. The molecule has 1 fully saturated rings. The minimum absolute atomic E-state index is 0.150. The maximum absolute atomic E-state index is 13.0. The Labute approximate surface area is 177 Å². The van der Waals surface area contributed by atoms with Gasteiger partial charge >= 0.3 is 0 Å². The second kappa shape index (κ2) is 8.03. The van der Waals surface area contributed by atoms with E-state index in [1.807, 2.05) is 12.3 Å². The molecule has 4 rings (SSSR count). The lowest BCUT2D eigenvalue weighted by molar-refractivity contribution is 0.273. The second-order valence-corrected chi connectivity index (χ2v) is 12.0. The van der Waals surface area contributed by atoms with Crippen molar-refractivity contribution in [2.24, 2.45) is 0 Å². The number of thioether (sulfide) groups is 1. The van der Waals surface area contributed by atoms with E-state index >= 15 is 0 Å². The average molecular weight is 453 g/mol. The molecule has 0 amide bonds. The van der Waals surface area contributed by atoms with Crippen LogP contribution in [-0.4, -0.2) is 57.9 Å². The molecule has 156 valence electrons. The van der Waals surface area contributed by atoms with Crippen LogP contribution in [-0.2, 0) is 32.9 Å². The van der Waals surface area contributed by atoms with Crippen LogP contribution in [0.1, 0.15) is 17.5 Å². The van der Waals surface area contributed by atoms with Gasteiger partial charge in [0.1, 0.15) is 0 Å². The number of sulfonamides is 2. The van der Waals surface area contributed by atoms with E-state index in [4.69, 9.17) is 0 Å². The van der Waals surface area contributed by atoms with Gasteiger partial charge in [-0.05, 0) is 73.0 Å². The monoisotopic (exact) mass is 452 g/mol. The number of rotatable bonds is 5. The third kappa shape index (κ3) is 3.98. The van der Waals surface area contributed by atoms with E-state index in [9.17, 15) is 16.8 Å². The van der Waals surface area contributed by atoms with Crippen molar-refractivity contribution in [2.45, 2.75) is 33.9 Å². The Kier molecular flexibility index (Phi) is 5.78. The van der Waals surface area contributed by atoms with E-state index in [2.05, 4.69) is 0 Å². The zero-order valence-electron chi connectivity index (χ0n) is 16.2. The van der Waals surface area contributed by atoms with Crippen molar-refractivity contribution in [1.29, 1.82) is 0 Å². The predicted molar refractivity (Wildman–Crippen MR) is 114 cm³/mol. The zero-order valence-corrected chi connectivity index (χ0v) is 18.7. The van der Waals surface area contributed by atoms with Crippen molar-refractivity contribution in [3.63, 3.8) is 0 Å². The van der Waals surface area contributed by atoms with Crippen LogP contribution in [0.2, 0.25) is 0 Å². The molecule has 1 aliphatic carbocycles. The average Bonchev–Trinajstić information content (AvgIpc) is 3.22. The number of benzene rings is 2. The Hall–Kier alpha value is -1.39. The van der Waals surface area contributed by atoms with Gasteiger partial charge < -0.3 is 0 Å². The van der Waals surface area contributed by atoms with Crippen molar-refractivity contribution in [1.82, 2.24) is 8.61 Å². The molecule has 2 aromatic rings. The molecule has 0 aromatic heterocycles. The molecular formula is C20H24N2O4S3. The smallest absolute Gasteiger partial charge is 0.207 e. The molecule has 1 saturated heterocycles. The summed E-state index contributed by atoms with van der Waals surface area (Å²) in [6, 6.07) is 12.2. The summed E-state index contributed by atoms with van der Waals surface area (Å²) in [5, 5.41) is 0. The molecule has 0 saturated carbocycles. The third-order valence-electron chi connectivity index (χ3n) is 5.60. The molecule has 2 aliphatic rings. The molecule has 0 bridgehead atoms. The lowest BCUT2D eigenvalue weighted by atomic mass is 10.1. The molecule has 0 atom stereocenters. The van der Waals surface area contributed by atoms with E-state index < -0.39 is 20.0 Å². The van der Waals surface area contributed by atoms with E-state index in [0.717, 1.165) is 29.7 Å². The van der Waals surface area contributed by atoms with Crippen molar-refractivity contribution in [3.8, 4) is 0 Å². The van der Waals surface area contributed by atoms with Crippen molar-refractivity contribution >= 4 is 31.8 Å². The van der Waals surface area contributed by atoms with E-state index in [0.29, 0.717) is 4.90 Å². The SMILES string of the molecule is CSc1ccc(S(=O)(=O)N2CCN(S(=O)(=O)c3ccc4c(c3)CCC4)CC2)cc1. The quantitative estimate of drug-likeness (QED) is 0.652. The van der Waals surface area contributed by atoms with E-state index in [-0.39, 0.29) is 31.1 Å². The summed E-state index contributed by atoms with van der Waals surface area (Å²) < 4.78 is 54.6. The Morgan fingerprint density at radius 1 is 0.724 bits per heavy atom. The van der Waals surface area contributed by atoms with Gasteiger partial charge in [0.25, 0.3) is 0 Å². The first-order chi connectivity index (χ1) is 13.8. The third-order valence-corrected chi connectivity index (χ3v) is 10.2. The van der Waals surface area contributed by atoms with Gasteiger partial charge in [-0.3, -0.25) is 0 Å². The van der Waals surface area contributed by atoms with Crippen LogP contribution in [0.4, 0.5) is 0 Å². The van der Waals surface area contributed by atoms with Gasteiger partial charge in [-0.2, -0.15) is 8.61 Å². The maximum Gasteiger partial charge on any atom is 0.243 e. The highest BCUT2D eigenvalue weighted by atomic mass is 32.2. The van der Waals surface area contributed by atoms with Gasteiger partial charge in [0, 0.05) is 31.1 Å². The summed E-state index contributed by atoms with van der Waals surface area (Å²) in [7, 11) is -7.24. The first-order valence-corrected chi connectivity index (χ1v) is 13.7. The van der Waals surface area contributed by atoms with Crippen LogP contribution >= 0.6 is 11.8 Å². The highest BCUT2D eigenvalue weighted by Gasteiger charge is 2.34. The fourth-order valence-electron chi connectivity index (χ4n) is 3.90. The molecule has 9 heteroatoms. The molecule has 0 radical (unpaired) electrons. The Balaban J connectivity index is 1.48. The lowest BCUT2D eigenvalue weighted by Crippen LogP contribution is -2.50. The molecule has 6 nitrogen and oxygen atoms in total. The van der Waals surface area contributed by atoms with Crippen LogP contribution in [0.25, 0.3) is 0 Å². The topological polar surface area (TPSA) is 74.8 Å². The number of hydrogen-bond acceptors (Lipinski definition) is 5. The molecule has 1 aliphatic heterocycles. The number of fused-ring (bicyclic) bond motifs is 1. The van der Waals surface area contributed by atoms with Gasteiger partial charge in [-0.15, -0.1) is 11.8 Å². The van der Waals surface area contributed by atoms with Gasteiger partial charge in [0.2, 0.25) is 20.0 Å². The second-order valence-electron chi connectivity index (χ2n) is 7.27. The molecule has 0 unspecified atom stereocenters. The molecule has 2 aromatic carbocycles.